The summed E-state index contributed by atoms with van der Waals surface area (Å²) in [6.07, 6.45) is 0.369. The number of nitrogens with two attached hydrogens (primary N) is 1. The fourth-order valence-electron chi connectivity index (χ4n) is 3.81. The summed E-state index contributed by atoms with van der Waals surface area (Å²) in [5.41, 5.74) is 6.74. The van der Waals surface area contributed by atoms with Crippen molar-refractivity contribution in [3.8, 4) is 0 Å². The van der Waals surface area contributed by atoms with Gasteiger partial charge in [0.2, 0.25) is 15.9 Å². The second kappa shape index (κ2) is 11.5. The topological polar surface area (TPSA) is 162 Å². The van der Waals surface area contributed by atoms with Crippen LogP contribution >= 0.6 is 0 Å². The molecular weight excluding hydrogens is 483 g/mol. The lowest BCUT2D eigenvalue weighted by Crippen LogP contribution is -2.45. The standard InChI is InChI=1S/C24H29BN4O6S/c1-29(2)21-9-3-7-19-18(21)6-4-10-22(19)36(34,35)27-15-5-8-20(23(26)30)28-24(31)16-11-13-17(14-12-16)25(32)33/h3-4,6-7,9-14,20,27,32-33H,5,8,15H2,1-2H3,(H2,26,30)(H,28,31). The van der Waals surface area contributed by atoms with E-state index in [1.54, 1.807) is 18.2 Å². The maximum Gasteiger partial charge on any atom is 0.488 e. The Morgan fingerprint density at radius 2 is 1.64 bits per heavy atom. The molecule has 6 N–H and O–H groups in total. The Kier molecular flexibility index (Phi) is 8.69. The molecule has 2 amide bonds. The van der Waals surface area contributed by atoms with E-state index in [-0.39, 0.29) is 35.3 Å². The first-order chi connectivity index (χ1) is 17.0. The summed E-state index contributed by atoms with van der Waals surface area (Å²) in [7, 11) is -1.73. The van der Waals surface area contributed by atoms with E-state index in [0.717, 1.165) is 11.1 Å². The number of carbonyl (C=O) groups is 2. The third-order valence-corrected chi connectivity index (χ3v) is 7.23. The Labute approximate surface area is 210 Å². The van der Waals surface area contributed by atoms with Gasteiger partial charge in [0.1, 0.15) is 6.04 Å². The van der Waals surface area contributed by atoms with Gasteiger partial charge < -0.3 is 26.0 Å². The molecule has 0 bridgehead atoms. The van der Waals surface area contributed by atoms with Crippen molar-refractivity contribution in [2.75, 3.05) is 25.5 Å². The summed E-state index contributed by atoms with van der Waals surface area (Å²) in [6, 6.07) is 15.1. The Morgan fingerprint density at radius 3 is 2.25 bits per heavy atom. The van der Waals surface area contributed by atoms with Crippen molar-refractivity contribution in [2.45, 2.75) is 23.8 Å². The van der Waals surface area contributed by atoms with Crippen LogP contribution < -0.4 is 26.1 Å². The van der Waals surface area contributed by atoms with Crippen LogP contribution in [0.2, 0.25) is 0 Å². The SMILES string of the molecule is CN(C)c1cccc2c(S(=O)(=O)NCCCC(NC(=O)c3ccc(B(O)O)cc3)C(N)=O)cccc12. The van der Waals surface area contributed by atoms with Crippen molar-refractivity contribution in [3.63, 3.8) is 0 Å². The molecule has 0 fully saturated rings. The minimum Gasteiger partial charge on any atom is -0.423 e. The van der Waals surface area contributed by atoms with E-state index in [9.17, 15) is 18.0 Å². The first-order valence-electron chi connectivity index (χ1n) is 11.3. The highest BCUT2D eigenvalue weighted by Crippen LogP contribution is 2.30. The predicted octanol–water partition coefficient (Wildman–Crippen LogP) is -0.0720. The monoisotopic (exact) mass is 512 g/mol. The number of anilines is 1. The quantitative estimate of drug-likeness (QED) is 0.177. The molecule has 0 aliphatic heterocycles. The van der Waals surface area contributed by atoms with Crippen molar-refractivity contribution in [3.05, 3.63) is 66.2 Å². The van der Waals surface area contributed by atoms with E-state index in [2.05, 4.69) is 10.0 Å². The average Bonchev–Trinajstić information content (AvgIpc) is 2.84. The van der Waals surface area contributed by atoms with E-state index >= 15 is 0 Å². The number of hydrogen-bond acceptors (Lipinski definition) is 7. The molecule has 3 aromatic rings. The van der Waals surface area contributed by atoms with Crippen LogP contribution in [0.3, 0.4) is 0 Å². The highest BCUT2D eigenvalue weighted by Gasteiger charge is 2.21. The van der Waals surface area contributed by atoms with Crippen LogP contribution in [0, 0.1) is 0 Å². The van der Waals surface area contributed by atoms with Crippen molar-refractivity contribution < 1.29 is 28.1 Å². The second-order valence-electron chi connectivity index (χ2n) is 8.49. The Balaban J connectivity index is 1.63. The van der Waals surface area contributed by atoms with Gasteiger partial charge in [-0.3, -0.25) is 9.59 Å². The van der Waals surface area contributed by atoms with Gasteiger partial charge in [0.25, 0.3) is 5.91 Å². The molecule has 0 spiro atoms. The van der Waals surface area contributed by atoms with Crippen LogP contribution in [-0.2, 0) is 14.8 Å². The number of amides is 2. The molecule has 12 heteroatoms. The van der Waals surface area contributed by atoms with E-state index < -0.39 is 35.0 Å². The summed E-state index contributed by atoms with van der Waals surface area (Å²) >= 11 is 0. The number of rotatable bonds is 11. The maximum absolute atomic E-state index is 13.0. The molecule has 3 aromatic carbocycles. The molecule has 0 aromatic heterocycles. The lowest BCUT2D eigenvalue weighted by molar-refractivity contribution is -0.120. The van der Waals surface area contributed by atoms with Gasteiger partial charge in [0.05, 0.1) is 4.90 Å². The fraction of sp³-hybridized carbons (Fsp3) is 0.250. The number of sulfonamides is 1. The Morgan fingerprint density at radius 1 is 1.00 bits per heavy atom. The molecule has 0 saturated heterocycles. The summed E-state index contributed by atoms with van der Waals surface area (Å²) in [5.74, 6) is -1.32. The normalized spacial score (nSPS) is 12.2. The number of nitrogens with one attached hydrogen (secondary N) is 2. The highest BCUT2D eigenvalue weighted by atomic mass is 32.2. The summed E-state index contributed by atoms with van der Waals surface area (Å²) < 4.78 is 28.6. The Hall–Kier alpha value is -3.45. The van der Waals surface area contributed by atoms with Crippen molar-refractivity contribution in [1.82, 2.24) is 10.0 Å². The fourth-order valence-corrected chi connectivity index (χ4v) is 5.11. The van der Waals surface area contributed by atoms with E-state index in [4.69, 9.17) is 15.8 Å². The minimum absolute atomic E-state index is 0.0365. The predicted molar refractivity (Wildman–Crippen MR) is 139 cm³/mol. The molecule has 190 valence electrons. The van der Waals surface area contributed by atoms with Gasteiger partial charge in [-0.25, -0.2) is 13.1 Å². The number of carbonyl (C=O) groups excluding carboxylic acids is 2. The van der Waals surface area contributed by atoms with Gasteiger partial charge in [-0.05, 0) is 42.6 Å². The van der Waals surface area contributed by atoms with Gasteiger partial charge in [0.15, 0.2) is 0 Å². The molecule has 0 saturated carbocycles. The highest BCUT2D eigenvalue weighted by molar-refractivity contribution is 7.89. The molecule has 0 radical (unpaired) electrons. The largest absolute Gasteiger partial charge is 0.488 e. The van der Waals surface area contributed by atoms with Crippen LogP contribution in [0.4, 0.5) is 5.69 Å². The van der Waals surface area contributed by atoms with E-state index in [1.165, 1.54) is 30.3 Å². The molecule has 0 heterocycles. The molecule has 0 aliphatic rings. The first kappa shape index (κ1) is 27.1. The summed E-state index contributed by atoms with van der Waals surface area (Å²) in [5, 5.41) is 22.2. The smallest absolute Gasteiger partial charge is 0.423 e. The lowest BCUT2D eigenvalue weighted by atomic mass is 9.80. The third kappa shape index (κ3) is 6.40. The number of fused-ring (bicyclic) bond motifs is 1. The zero-order chi connectivity index (χ0) is 26.5. The Bertz CT molecular complexity index is 1350. The van der Waals surface area contributed by atoms with E-state index in [1.807, 2.05) is 31.1 Å². The van der Waals surface area contributed by atoms with Crippen molar-refractivity contribution >= 4 is 50.9 Å². The average molecular weight is 512 g/mol. The molecule has 3 rings (SSSR count). The minimum atomic E-state index is -3.84. The van der Waals surface area contributed by atoms with Gasteiger partial charge in [0, 0.05) is 42.7 Å². The second-order valence-corrected chi connectivity index (χ2v) is 10.2. The van der Waals surface area contributed by atoms with Crippen LogP contribution in [-0.4, -0.2) is 64.1 Å². The van der Waals surface area contributed by atoms with E-state index in [0.29, 0.717) is 5.39 Å². The van der Waals surface area contributed by atoms with Gasteiger partial charge in [-0.2, -0.15) is 0 Å². The lowest BCUT2D eigenvalue weighted by Gasteiger charge is -2.17. The van der Waals surface area contributed by atoms with Crippen LogP contribution in [0.25, 0.3) is 10.8 Å². The molecule has 0 aliphatic carbocycles. The number of hydrogen-bond donors (Lipinski definition) is 5. The zero-order valence-corrected chi connectivity index (χ0v) is 20.8. The number of nitrogens with zero attached hydrogens (tertiary/aromatic N) is 1. The third-order valence-electron chi connectivity index (χ3n) is 5.71. The number of primary amides is 1. The molecule has 10 nitrogen and oxygen atoms in total. The van der Waals surface area contributed by atoms with Crippen molar-refractivity contribution in [2.24, 2.45) is 5.73 Å². The number of benzene rings is 3. The molecule has 1 unspecified atom stereocenters. The summed E-state index contributed by atoms with van der Waals surface area (Å²) in [4.78, 5) is 26.4. The van der Waals surface area contributed by atoms with Crippen LogP contribution in [0.5, 0.6) is 0 Å². The van der Waals surface area contributed by atoms with Gasteiger partial charge >= 0.3 is 7.12 Å². The molecule has 1 atom stereocenters. The van der Waals surface area contributed by atoms with Crippen LogP contribution in [0.15, 0.2) is 65.6 Å². The zero-order valence-electron chi connectivity index (χ0n) is 20.0. The molecular formula is C24H29BN4O6S. The first-order valence-corrected chi connectivity index (χ1v) is 12.7. The summed E-state index contributed by atoms with van der Waals surface area (Å²) in [6.45, 7) is 0.0365. The maximum atomic E-state index is 13.0. The molecule has 36 heavy (non-hydrogen) atoms. The van der Waals surface area contributed by atoms with Gasteiger partial charge in [-0.15, -0.1) is 0 Å². The van der Waals surface area contributed by atoms with Crippen molar-refractivity contribution in [1.29, 1.82) is 0 Å². The van der Waals surface area contributed by atoms with Gasteiger partial charge in [-0.1, -0.05) is 36.4 Å². The van der Waals surface area contributed by atoms with Crippen LogP contribution in [0.1, 0.15) is 23.2 Å².